The quantitative estimate of drug-likeness (QED) is 0.676. The molecular weight excluding hydrogens is 164 g/mol. The highest BCUT2D eigenvalue weighted by Crippen LogP contribution is 2.23. The summed E-state index contributed by atoms with van der Waals surface area (Å²) in [4.78, 5) is 11.2. The zero-order chi connectivity index (χ0) is 9.68. The maximum atomic E-state index is 11.2. The first-order chi connectivity index (χ1) is 6.22. The van der Waals surface area contributed by atoms with E-state index in [9.17, 15) is 4.79 Å². The minimum atomic E-state index is -0.0124. The molecule has 0 spiro atoms. The Hall–Kier alpha value is -0.730. The lowest BCUT2D eigenvalue weighted by Crippen LogP contribution is -2.43. The molecule has 0 bridgehead atoms. The molecule has 0 saturated heterocycles. The van der Waals surface area contributed by atoms with Crippen molar-refractivity contribution in [3.8, 4) is 0 Å². The fourth-order valence-corrected chi connectivity index (χ4v) is 1.96. The van der Waals surface area contributed by atoms with Gasteiger partial charge in [-0.05, 0) is 25.7 Å². The van der Waals surface area contributed by atoms with Crippen LogP contribution in [0.4, 0.5) is 4.79 Å². The Kier molecular flexibility index (Phi) is 4.06. The number of carbonyl (C=O) groups is 1. The highest BCUT2D eigenvalue weighted by atomic mass is 16.2. The van der Waals surface area contributed by atoms with Gasteiger partial charge in [0.05, 0.1) is 0 Å². The van der Waals surface area contributed by atoms with Crippen LogP contribution in [0.3, 0.4) is 0 Å². The normalized spacial score (nSPS) is 28.2. The molecule has 0 aliphatic heterocycles. The topological polar surface area (TPSA) is 41.1 Å². The molecule has 1 rings (SSSR count). The van der Waals surface area contributed by atoms with Crippen molar-refractivity contribution < 1.29 is 4.79 Å². The second-order valence-corrected chi connectivity index (χ2v) is 3.97. The van der Waals surface area contributed by atoms with Crippen LogP contribution in [0.5, 0.6) is 0 Å². The number of hydrogen-bond acceptors (Lipinski definition) is 1. The number of carbonyl (C=O) groups excluding carboxylic acids is 1. The molecule has 0 unspecified atom stereocenters. The average Bonchev–Trinajstić information content (AvgIpc) is 2.04. The first kappa shape index (κ1) is 10.4. The van der Waals surface area contributed by atoms with Crippen LogP contribution in [0.25, 0.3) is 0 Å². The summed E-state index contributed by atoms with van der Waals surface area (Å²) >= 11 is 0. The van der Waals surface area contributed by atoms with Gasteiger partial charge in [0.1, 0.15) is 0 Å². The lowest BCUT2D eigenvalue weighted by atomic mass is 9.87. The van der Waals surface area contributed by atoms with Crippen LogP contribution >= 0.6 is 0 Å². The predicted octanol–water partition coefficient (Wildman–Crippen LogP) is 1.88. The second-order valence-electron chi connectivity index (χ2n) is 3.97. The third kappa shape index (κ3) is 3.66. The van der Waals surface area contributed by atoms with Gasteiger partial charge in [-0.3, -0.25) is 0 Å². The number of hydrogen-bond donors (Lipinski definition) is 2. The number of urea groups is 1. The molecule has 0 aromatic carbocycles. The minimum absolute atomic E-state index is 0.0124. The van der Waals surface area contributed by atoms with Gasteiger partial charge in [-0.2, -0.15) is 0 Å². The second kappa shape index (κ2) is 5.10. The fourth-order valence-electron chi connectivity index (χ4n) is 1.96. The van der Waals surface area contributed by atoms with Crippen LogP contribution in [0, 0.1) is 5.92 Å². The smallest absolute Gasteiger partial charge is 0.314 e. The maximum absolute atomic E-state index is 11.2. The van der Waals surface area contributed by atoms with Gasteiger partial charge in [-0.15, -0.1) is 0 Å². The van der Waals surface area contributed by atoms with E-state index in [1.54, 1.807) is 0 Å². The van der Waals surface area contributed by atoms with Gasteiger partial charge in [0.15, 0.2) is 0 Å². The minimum Gasteiger partial charge on any atom is -0.338 e. The van der Waals surface area contributed by atoms with Crippen molar-refractivity contribution in [3.05, 3.63) is 0 Å². The van der Waals surface area contributed by atoms with Gasteiger partial charge < -0.3 is 10.6 Å². The van der Waals surface area contributed by atoms with Gasteiger partial charge in [-0.1, -0.05) is 19.8 Å². The zero-order valence-corrected chi connectivity index (χ0v) is 8.60. The van der Waals surface area contributed by atoms with Gasteiger partial charge in [-0.25, -0.2) is 4.79 Å². The Morgan fingerprint density at radius 2 is 2.23 bits per heavy atom. The van der Waals surface area contributed by atoms with Crippen LogP contribution < -0.4 is 10.6 Å². The molecule has 1 aliphatic carbocycles. The molecule has 2 amide bonds. The van der Waals surface area contributed by atoms with Crippen LogP contribution in [0.1, 0.15) is 39.5 Å². The molecule has 1 fully saturated rings. The van der Waals surface area contributed by atoms with Crippen LogP contribution in [0.2, 0.25) is 0 Å². The Morgan fingerprint density at radius 1 is 1.46 bits per heavy atom. The third-order valence-electron chi connectivity index (χ3n) is 2.61. The molecule has 76 valence electrons. The van der Waals surface area contributed by atoms with Crippen molar-refractivity contribution in [3.63, 3.8) is 0 Å². The van der Waals surface area contributed by atoms with Gasteiger partial charge >= 0.3 is 6.03 Å². The SMILES string of the molecule is CCNC(=O)N[C@@H]1CCC[C@H](C)C1. The van der Waals surface area contributed by atoms with E-state index < -0.39 is 0 Å². The Labute approximate surface area is 80.3 Å². The molecule has 2 atom stereocenters. The highest BCUT2D eigenvalue weighted by molar-refractivity contribution is 5.74. The molecule has 0 radical (unpaired) electrons. The molecule has 0 aromatic heterocycles. The Balaban J connectivity index is 2.23. The molecule has 0 aromatic rings. The van der Waals surface area contributed by atoms with E-state index in [-0.39, 0.29) is 6.03 Å². The van der Waals surface area contributed by atoms with Crippen molar-refractivity contribution in [2.45, 2.75) is 45.6 Å². The summed E-state index contributed by atoms with van der Waals surface area (Å²) < 4.78 is 0. The first-order valence-electron chi connectivity index (χ1n) is 5.26. The van der Waals surface area contributed by atoms with E-state index in [1.807, 2.05) is 6.92 Å². The number of nitrogens with one attached hydrogen (secondary N) is 2. The average molecular weight is 184 g/mol. The van der Waals surface area contributed by atoms with E-state index in [2.05, 4.69) is 17.6 Å². The zero-order valence-electron chi connectivity index (χ0n) is 8.60. The Bertz CT molecular complexity index is 170. The van der Waals surface area contributed by atoms with Crippen LogP contribution in [0.15, 0.2) is 0 Å². The molecule has 0 heterocycles. The van der Waals surface area contributed by atoms with Crippen molar-refractivity contribution in [1.82, 2.24) is 10.6 Å². The summed E-state index contributed by atoms with van der Waals surface area (Å²) in [5.74, 6) is 0.765. The summed E-state index contributed by atoms with van der Waals surface area (Å²) in [5.41, 5.74) is 0. The fraction of sp³-hybridized carbons (Fsp3) is 0.900. The van der Waals surface area contributed by atoms with Crippen molar-refractivity contribution in [2.24, 2.45) is 5.92 Å². The maximum Gasteiger partial charge on any atom is 0.314 e. The van der Waals surface area contributed by atoms with Crippen molar-refractivity contribution in [1.29, 1.82) is 0 Å². The van der Waals surface area contributed by atoms with Gasteiger partial charge in [0.25, 0.3) is 0 Å². The number of rotatable bonds is 2. The molecule has 1 aliphatic rings. The first-order valence-corrected chi connectivity index (χ1v) is 5.26. The van der Waals surface area contributed by atoms with E-state index in [0.717, 1.165) is 18.8 Å². The standard InChI is InChI=1S/C10H20N2O/c1-3-11-10(13)12-9-6-4-5-8(2)7-9/h8-9H,3-7H2,1-2H3,(H2,11,12,13)/t8-,9+/m0/s1. The highest BCUT2D eigenvalue weighted by Gasteiger charge is 2.19. The third-order valence-corrected chi connectivity index (χ3v) is 2.61. The summed E-state index contributed by atoms with van der Waals surface area (Å²) in [5, 5.41) is 5.76. The van der Waals surface area contributed by atoms with Crippen LogP contribution in [-0.4, -0.2) is 18.6 Å². The van der Waals surface area contributed by atoms with E-state index >= 15 is 0 Å². The number of amides is 2. The van der Waals surface area contributed by atoms with Crippen molar-refractivity contribution in [2.75, 3.05) is 6.54 Å². The molecule has 2 N–H and O–H groups in total. The summed E-state index contributed by atoms with van der Waals surface area (Å²) in [6, 6.07) is 0.386. The van der Waals surface area contributed by atoms with Gasteiger partial charge in [0.2, 0.25) is 0 Å². The van der Waals surface area contributed by atoms with E-state index in [4.69, 9.17) is 0 Å². The van der Waals surface area contributed by atoms with Crippen molar-refractivity contribution >= 4 is 6.03 Å². The van der Waals surface area contributed by atoms with E-state index in [1.165, 1.54) is 12.8 Å². The molecule has 1 saturated carbocycles. The summed E-state index contributed by atoms with van der Waals surface area (Å²) in [6.07, 6.45) is 4.84. The lowest BCUT2D eigenvalue weighted by molar-refractivity contribution is 0.228. The molecule has 3 nitrogen and oxygen atoms in total. The Morgan fingerprint density at radius 3 is 2.85 bits per heavy atom. The predicted molar refractivity (Wildman–Crippen MR) is 53.6 cm³/mol. The summed E-state index contributed by atoms with van der Waals surface area (Å²) in [7, 11) is 0. The van der Waals surface area contributed by atoms with Gasteiger partial charge in [0, 0.05) is 12.6 Å². The monoisotopic (exact) mass is 184 g/mol. The largest absolute Gasteiger partial charge is 0.338 e. The molecule has 13 heavy (non-hydrogen) atoms. The summed E-state index contributed by atoms with van der Waals surface area (Å²) in [6.45, 7) is 4.89. The lowest BCUT2D eigenvalue weighted by Gasteiger charge is -2.27. The van der Waals surface area contributed by atoms with Crippen LogP contribution in [-0.2, 0) is 0 Å². The van der Waals surface area contributed by atoms with E-state index in [0.29, 0.717) is 12.6 Å². The molecular formula is C10H20N2O. The molecule has 3 heteroatoms.